The molecule has 3 heterocycles. The van der Waals surface area contributed by atoms with Crippen molar-refractivity contribution in [3.63, 3.8) is 0 Å². The Kier molecular flexibility index (Phi) is 7.03. The van der Waals surface area contributed by atoms with Crippen molar-refractivity contribution in [2.24, 2.45) is 11.3 Å². The molecular weight excluding hydrogens is 435 g/mol. The highest BCUT2D eigenvalue weighted by molar-refractivity contribution is 5.83. The number of amides is 1. The SMILES string of the molecule is CO[C@@H]1COCCC1NC1CC[C@@](C(=O)N2CCc3ncc(C(F)(F)F)cc3C2)(C(C)C)C1. The van der Waals surface area contributed by atoms with Gasteiger partial charge in [0.2, 0.25) is 5.91 Å². The molecule has 2 fully saturated rings. The van der Waals surface area contributed by atoms with Gasteiger partial charge >= 0.3 is 6.18 Å². The van der Waals surface area contributed by atoms with Crippen molar-refractivity contribution < 1.29 is 27.4 Å². The van der Waals surface area contributed by atoms with Crippen molar-refractivity contribution in [1.29, 1.82) is 0 Å². The number of fused-ring (bicyclic) bond motifs is 1. The van der Waals surface area contributed by atoms with Crippen LogP contribution in [0.15, 0.2) is 12.3 Å². The van der Waals surface area contributed by atoms with E-state index in [1.54, 1.807) is 12.0 Å². The Morgan fingerprint density at radius 2 is 2.15 bits per heavy atom. The number of ether oxygens (including phenoxy) is 2. The van der Waals surface area contributed by atoms with Gasteiger partial charge in [-0.25, -0.2) is 0 Å². The first kappa shape index (κ1) is 24.4. The van der Waals surface area contributed by atoms with Gasteiger partial charge in [-0.2, -0.15) is 13.2 Å². The molecule has 1 amide bonds. The first-order chi connectivity index (χ1) is 15.6. The predicted octanol–water partition coefficient (Wildman–Crippen LogP) is 3.57. The van der Waals surface area contributed by atoms with Gasteiger partial charge in [0.15, 0.2) is 0 Å². The minimum absolute atomic E-state index is 0.00238. The highest BCUT2D eigenvalue weighted by Gasteiger charge is 2.50. The Bertz CT molecular complexity index is 863. The van der Waals surface area contributed by atoms with Crippen LogP contribution in [0, 0.1) is 11.3 Å². The van der Waals surface area contributed by atoms with Gasteiger partial charge in [-0.05, 0) is 43.2 Å². The number of alkyl halides is 3. The van der Waals surface area contributed by atoms with Gasteiger partial charge in [-0.1, -0.05) is 13.8 Å². The minimum atomic E-state index is -4.44. The van der Waals surface area contributed by atoms with Gasteiger partial charge in [0.1, 0.15) is 0 Å². The highest BCUT2D eigenvalue weighted by Crippen LogP contribution is 2.47. The maximum Gasteiger partial charge on any atom is 0.417 e. The number of carbonyl (C=O) groups is 1. The van der Waals surface area contributed by atoms with Gasteiger partial charge in [-0.15, -0.1) is 0 Å². The molecule has 9 heteroatoms. The number of halogens is 3. The molecule has 1 saturated heterocycles. The van der Waals surface area contributed by atoms with Crippen molar-refractivity contribution in [2.45, 2.75) is 76.9 Å². The summed E-state index contributed by atoms with van der Waals surface area (Å²) in [4.78, 5) is 19.6. The normalized spacial score (nSPS) is 30.5. The Morgan fingerprint density at radius 1 is 1.36 bits per heavy atom. The minimum Gasteiger partial charge on any atom is -0.379 e. The van der Waals surface area contributed by atoms with Crippen LogP contribution in [0.4, 0.5) is 13.2 Å². The molecule has 184 valence electrons. The van der Waals surface area contributed by atoms with Crippen LogP contribution >= 0.6 is 0 Å². The Morgan fingerprint density at radius 3 is 2.85 bits per heavy atom. The summed E-state index contributed by atoms with van der Waals surface area (Å²) in [5.41, 5.74) is -0.121. The molecule has 2 unspecified atom stereocenters. The zero-order valence-corrected chi connectivity index (χ0v) is 19.6. The number of nitrogens with zero attached hydrogens (tertiary/aromatic N) is 2. The Balaban J connectivity index is 1.48. The lowest BCUT2D eigenvalue weighted by Gasteiger charge is -2.40. The molecule has 33 heavy (non-hydrogen) atoms. The van der Waals surface area contributed by atoms with Crippen molar-refractivity contribution in [2.75, 3.05) is 26.9 Å². The summed E-state index contributed by atoms with van der Waals surface area (Å²) < 4.78 is 50.6. The lowest BCUT2D eigenvalue weighted by molar-refractivity contribution is -0.146. The maximum atomic E-state index is 13.8. The second-order valence-corrected chi connectivity index (χ2v) is 9.97. The quantitative estimate of drug-likeness (QED) is 0.714. The molecule has 1 aliphatic carbocycles. The predicted molar refractivity (Wildman–Crippen MR) is 116 cm³/mol. The van der Waals surface area contributed by atoms with Crippen LogP contribution in [-0.2, 0) is 33.4 Å². The topological polar surface area (TPSA) is 63.7 Å². The van der Waals surface area contributed by atoms with Gasteiger partial charge in [0, 0.05) is 57.2 Å². The van der Waals surface area contributed by atoms with Crippen LogP contribution in [0.1, 0.15) is 56.4 Å². The van der Waals surface area contributed by atoms with Crippen LogP contribution < -0.4 is 5.32 Å². The van der Waals surface area contributed by atoms with E-state index in [9.17, 15) is 18.0 Å². The molecule has 0 spiro atoms. The number of nitrogens with one attached hydrogen (secondary N) is 1. The third-order valence-corrected chi connectivity index (χ3v) is 7.79. The average Bonchev–Trinajstić information content (AvgIpc) is 3.23. The fourth-order valence-corrected chi connectivity index (χ4v) is 5.69. The van der Waals surface area contributed by atoms with E-state index in [2.05, 4.69) is 24.1 Å². The molecule has 1 saturated carbocycles. The third kappa shape index (κ3) is 4.91. The highest BCUT2D eigenvalue weighted by atomic mass is 19.4. The van der Waals surface area contributed by atoms with Crippen LogP contribution in [0.3, 0.4) is 0 Å². The van der Waals surface area contributed by atoms with Gasteiger partial charge in [0.05, 0.1) is 23.7 Å². The standard InChI is InChI=1S/C24H34F3N3O3/c1-15(2)23(7-4-18(11-23)29-20-6-9-33-14-21(20)32-3)22(31)30-8-5-19-16(13-30)10-17(12-28-19)24(25,26)27/h10,12,15,18,20-21,29H,4-9,11,13-14H2,1-3H3/t18?,20?,21-,23+/m1/s1. The van der Waals surface area contributed by atoms with Crippen molar-refractivity contribution in [1.82, 2.24) is 15.2 Å². The largest absolute Gasteiger partial charge is 0.417 e. The molecule has 0 bridgehead atoms. The zero-order valence-electron chi connectivity index (χ0n) is 19.6. The smallest absolute Gasteiger partial charge is 0.379 e. The second-order valence-electron chi connectivity index (χ2n) is 9.97. The molecule has 4 rings (SSSR count). The molecule has 1 aromatic rings. The van der Waals surface area contributed by atoms with Gasteiger partial charge < -0.3 is 19.7 Å². The van der Waals surface area contributed by atoms with Gasteiger partial charge in [-0.3, -0.25) is 9.78 Å². The summed E-state index contributed by atoms with van der Waals surface area (Å²) in [5, 5.41) is 3.72. The maximum absolute atomic E-state index is 13.8. The number of hydrogen-bond donors (Lipinski definition) is 1. The molecule has 2 aliphatic heterocycles. The number of rotatable bonds is 5. The third-order valence-electron chi connectivity index (χ3n) is 7.79. The van der Waals surface area contributed by atoms with E-state index in [4.69, 9.17) is 9.47 Å². The average molecular weight is 470 g/mol. The van der Waals surface area contributed by atoms with E-state index in [1.807, 2.05) is 0 Å². The zero-order chi connectivity index (χ0) is 23.8. The molecule has 3 aliphatic rings. The summed E-state index contributed by atoms with van der Waals surface area (Å²) >= 11 is 0. The van der Waals surface area contributed by atoms with Crippen molar-refractivity contribution >= 4 is 5.91 Å². The van der Waals surface area contributed by atoms with Crippen LogP contribution in [0.2, 0.25) is 0 Å². The summed E-state index contributed by atoms with van der Waals surface area (Å²) in [6.45, 7) is 6.09. The van der Waals surface area contributed by atoms with E-state index in [1.165, 1.54) is 0 Å². The first-order valence-corrected chi connectivity index (χ1v) is 11.8. The van der Waals surface area contributed by atoms with Gasteiger partial charge in [0.25, 0.3) is 0 Å². The summed E-state index contributed by atoms with van der Waals surface area (Å²) in [7, 11) is 1.69. The van der Waals surface area contributed by atoms with Crippen LogP contribution in [-0.4, -0.2) is 60.8 Å². The first-order valence-electron chi connectivity index (χ1n) is 11.8. The lowest BCUT2D eigenvalue weighted by Crippen LogP contribution is -2.52. The summed E-state index contributed by atoms with van der Waals surface area (Å²) in [6.07, 6.45) is 0.180. The van der Waals surface area contributed by atoms with E-state index < -0.39 is 17.2 Å². The van der Waals surface area contributed by atoms with E-state index >= 15 is 0 Å². The number of methoxy groups -OCH3 is 1. The fourth-order valence-electron chi connectivity index (χ4n) is 5.69. The number of pyridine rings is 1. The molecule has 1 N–H and O–H groups in total. The molecule has 1 aromatic heterocycles. The number of hydrogen-bond acceptors (Lipinski definition) is 5. The molecule has 4 atom stereocenters. The van der Waals surface area contributed by atoms with Crippen LogP contribution in [0.5, 0.6) is 0 Å². The second kappa shape index (κ2) is 9.50. The van der Waals surface area contributed by atoms with E-state index in [-0.39, 0.29) is 36.6 Å². The molecule has 0 radical (unpaired) electrons. The number of aromatic nitrogens is 1. The van der Waals surface area contributed by atoms with E-state index in [0.29, 0.717) is 37.4 Å². The molecule has 6 nitrogen and oxygen atoms in total. The fraction of sp³-hybridized carbons (Fsp3) is 0.750. The lowest BCUT2D eigenvalue weighted by atomic mass is 9.74. The molecular formula is C24H34F3N3O3. The van der Waals surface area contributed by atoms with Crippen LogP contribution in [0.25, 0.3) is 0 Å². The summed E-state index contributed by atoms with van der Waals surface area (Å²) in [5.74, 6) is 0.186. The summed E-state index contributed by atoms with van der Waals surface area (Å²) in [6, 6.07) is 1.55. The van der Waals surface area contributed by atoms with Crippen molar-refractivity contribution in [3.05, 3.63) is 29.1 Å². The Hall–Kier alpha value is -1.71. The van der Waals surface area contributed by atoms with E-state index in [0.717, 1.165) is 37.9 Å². The van der Waals surface area contributed by atoms with Crippen molar-refractivity contribution in [3.8, 4) is 0 Å². The Labute approximate surface area is 193 Å². The number of carbonyl (C=O) groups excluding carboxylic acids is 1. The monoisotopic (exact) mass is 469 g/mol. The molecule has 0 aromatic carbocycles.